The maximum atomic E-state index is 13.0. The van der Waals surface area contributed by atoms with E-state index in [0.29, 0.717) is 26.2 Å². The lowest BCUT2D eigenvalue weighted by Gasteiger charge is -2.14. The lowest BCUT2D eigenvalue weighted by molar-refractivity contribution is -0.386. The van der Waals surface area contributed by atoms with Crippen LogP contribution in [0.1, 0.15) is 5.56 Å². The fourth-order valence-corrected chi connectivity index (χ4v) is 4.56. The Morgan fingerprint density at radius 1 is 1.18 bits per heavy atom. The molecule has 0 atom stereocenters. The van der Waals surface area contributed by atoms with E-state index in [9.17, 15) is 14.9 Å². The molecule has 11 heteroatoms. The highest BCUT2D eigenvalue weighted by Crippen LogP contribution is 2.39. The first kappa shape index (κ1) is 22.9. The minimum Gasteiger partial charge on any atom is -0.493 e. The fraction of sp³-hybridized carbons (Fsp3) is 0.0455. The third kappa shape index (κ3) is 4.90. The number of anilines is 1. The topological polar surface area (TPSA) is 94.8 Å². The zero-order chi connectivity index (χ0) is 23.5. The molecule has 0 radical (unpaired) electrons. The number of nitro groups is 1. The van der Waals surface area contributed by atoms with E-state index in [1.165, 1.54) is 42.1 Å². The first-order valence-electron chi connectivity index (χ1n) is 9.36. The first-order chi connectivity index (χ1) is 15.9. The summed E-state index contributed by atoms with van der Waals surface area (Å²) in [6, 6.07) is 15.0. The van der Waals surface area contributed by atoms with Crippen molar-refractivity contribution in [2.24, 2.45) is 0 Å². The molecule has 8 nitrogen and oxygen atoms in total. The molecule has 0 bridgehead atoms. The Bertz CT molecular complexity index is 1300. The molecule has 2 heterocycles. The number of nitrogens with zero attached hydrogens (tertiary/aromatic N) is 3. The summed E-state index contributed by atoms with van der Waals surface area (Å²) in [5.74, 6) is 0.200. The molecule has 3 aromatic rings. The molecule has 0 spiro atoms. The van der Waals surface area contributed by atoms with Crippen molar-refractivity contribution in [2.75, 3.05) is 12.0 Å². The van der Waals surface area contributed by atoms with Crippen LogP contribution in [0.3, 0.4) is 0 Å². The number of hydrogen-bond acceptors (Lipinski definition) is 8. The van der Waals surface area contributed by atoms with Gasteiger partial charge in [-0.15, -0.1) is 0 Å². The van der Waals surface area contributed by atoms with Gasteiger partial charge in [-0.05, 0) is 54.1 Å². The van der Waals surface area contributed by atoms with Crippen LogP contribution in [0.15, 0.2) is 70.2 Å². The van der Waals surface area contributed by atoms with Crippen LogP contribution in [0, 0.1) is 10.1 Å². The van der Waals surface area contributed by atoms with Gasteiger partial charge in [-0.25, -0.2) is 4.98 Å². The summed E-state index contributed by atoms with van der Waals surface area (Å²) < 4.78 is 12.4. The average Bonchev–Trinajstić information content (AvgIpc) is 3.08. The molecule has 1 aliphatic heterocycles. The Kier molecular flexibility index (Phi) is 6.72. The number of hydrogen-bond donors (Lipinski definition) is 0. The van der Waals surface area contributed by atoms with Crippen molar-refractivity contribution in [3.63, 3.8) is 0 Å². The van der Waals surface area contributed by atoms with Gasteiger partial charge in [0.1, 0.15) is 0 Å². The lowest BCUT2D eigenvalue weighted by atomic mass is 10.1. The standard InChI is InChI=1S/C22H14BrN3O5S2/c1-30-18-11-13(4-9-17(18)31-20-16(26(28)29)3-2-10-24-20)12-19-21(27)25(22(32)33-19)15-7-5-14(23)6-8-15/h2-12H,1H3/b19-12-. The largest absolute Gasteiger partial charge is 0.493 e. The molecular formula is C22H14BrN3O5S2. The second kappa shape index (κ2) is 9.69. The monoisotopic (exact) mass is 543 g/mol. The first-order valence-corrected chi connectivity index (χ1v) is 11.4. The Morgan fingerprint density at radius 2 is 1.94 bits per heavy atom. The number of pyridine rings is 1. The smallest absolute Gasteiger partial charge is 0.331 e. The van der Waals surface area contributed by atoms with Crippen molar-refractivity contribution in [3.05, 3.63) is 85.8 Å². The van der Waals surface area contributed by atoms with Crippen molar-refractivity contribution >= 4 is 67.6 Å². The highest BCUT2D eigenvalue weighted by molar-refractivity contribution is 9.10. The number of aromatic nitrogens is 1. The molecule has 1 fully saturated rings. The molecular weight excluding hydrogens is 530 g/mol. The van der Waals surface area contributed by atoms with Crippen molar-refractivity contribution in [1.82, 2.24) is 4.98 Å². The number of rotatable bonds is 6. The Balaban J connectivity index is 1.61. The van der Waals surface area contributed by atoms with Gasteiger partial charge in [0, 0.05) is 16.7 Å². The summed E-state index contributed by atoms with van der Waals surface area (Å²) in [6.07, 6.45) is 3.10. The minimum absolute atomic E-state index is 0.149. The Morgan fingerprint density at radius 3 is 2.64 bits per heavy atom. The molecule has 1 aromatic heterocycles. The number of halogens is 1. The van der Waals surface area contributed by atoms with Gasteiger partial charge in [0.15, 0.2) is 15.8 Å². The predicted octanol–water partition coefficient (Wildman–Crippen LogP) is 5.96. The lowest BCUT2D eigenvalue weighted by Crippen LogP contribution is -2.27. The van der Waals surface area contributed by atoms with E-state index < -0.39 is 4.92 Å². The number of ether oxygens (including phenoxy) is 2. The van der Waals surface area contributed by atoms with Gasteiger partial charge in [-0.2, -0.15) is 0 Å². The Labute approximate surface area is 206 Å². The molecule has 2 aromatic carbocycles. The fourth-order valence-electron chi connectivity index (χ4n) is 2.99. The van der Waals surface area contributed by atoms with E-state index in [1.807, 2.05) is 24.3 Å². The number of carbonyl (C=O) groups is 1. The highest BCUT2D eigenvalue weighted by atomic mass is 79.9. The maximum Gasteiger partial charge on any atom is 0.331 e. The molecule has 1 aliphatic rings. The van der Waals surface area contributed by atoms with Crippen molar-refractivity contribution in [3.8, 4) is 17.4 Å². The number of thioether (sulfide) groups is 1. The van der Waals surface area contributed by atoms with Gasteiger partial charge >= 0.3 is 5.69 Å². The van der Waals surface area contributed by atoms with E-state index >= 15 is 0 Å². The number of amides is 1. The molecule has 0 N–H and O–H groups in total. The summed E-state index contributed by atoms with van der Waals surface area (Å²) in [5.41, 5.74) is 1.09. The van der Waals surface area contributed by atoms with Crippen molar-refractivity contribution in [1.29, 1.82) is 0 Å². The molecule has 1 saturated heterocycles. The van der Waals surface area contributed by atoms with Crippen LogP contribution in [0.4, 0.5) is 11.4 Å². The van der Waals surface area contributed by atoms with Gasteiger partial charge in [-0.1, -0.05) is 46.0 Å². The van der Waals surface area contributed by atoms with Gasteiger partial charge in [-0.3, -0.25) is 19.8 Å². The summed E-state index contributed by atoms with van der Waals surface area (Å²) in [7, 11) is 1.45. The van der Waals surface area contributed by atoms with E-state index in [0.717, 1.165) is 4.47 Å². The average molecular weight is 544 g/mol. The van der Waals surface area contributed by atoms with Crippen LogP contribution in [0.2, 0.25) is 0 Å². The second-order valence-electron chi connectivity index (χ2n) is 6.59. The van der Waals surface area contributed by atoms with Crippen molar-refractivity contribution < 1.29 is 19.2 Å². The number of benzene rings is 2. The summed E-state index contributed by atoms with van der Waals surface area (Å²) in [6.45, 7) is 0. The van der Waals surface area contributed by atoms with E-state index in [-0.39, 0.29) is 23.2 Å². The zero-order valence-electron chi connectivity index (χ0n) is 16.9. The van der Waals surface area contributed by atoms with Gasteiger partial charge in [0.05, 0.1) is 22.6 Å². The quantitative estimate of drug-likeness (QED) is 0.162. The third-order valence-electron chi connectivity index (χ3n) is 4.52. The van der Waals surface area contributed by atoms with Gasteiger partial charge in [0.25, 0.3) is 11.8 Å². The molecule has 4 rings (SSSR count). The molecule has 0 unspecified atom stereocenters. The molecule has 0 saturated carbocycles. The zero-order valence-corrected chi connectivity index (χ0v) is 20.1. The van der Waals surface area contributed by atoms with Crippen LogP contribution in [-0.4, -0.2) is 27.2 Å². The van der Waals surface area contributed by atoms with E-state index in [2.05, 4.69) is 20.9 Å². The Hall–Kier alpha value is -3.28. The van der Waals surface area contributed by atoms with Gasteiger partial charge in [0.2, 0.25) is 0 Å². The van der Waals surface area contributed by atoms with Crippen LogP contribution >= 0.6 is 39.9 Å². The highest BCUT2D eigenvalue weighted by Gasteiger charge is 2.33. The van der Waals surface area contributed by atoms with Crippen molar-refractivity contribution in [2.45, 2.75) is 0 Å². The molecule has 166 valence electrons. The second-order valence-corrected chi connectivity index (χ2v) is 9.18. The van der Waals surface area contributed by atoms with Gasteiger partial charge < -0.3 is 9.47 Å². The molecule has 33 heavy (non-hydrogen) atoms. The number of carbonyl (C=O) groups excluding carboxylic acids is 1. The molecule has 0 aliphatic carbocycles. The summed E-state index contributed by atoms with van der Waals surface area (Å²) in [5, 5.41) is 11.2. The van der Waals surface area contributed by atoms with E-state index in [4.69, 9.17) is 21.7 Å². The maximum absolute atomic E-state index is 13.0. The summed E-state index contributed by atoms with van der Waals surface area (Å²) in [4.78, 5) is 29.5. The normalized spacial score (nSPS) is 14.6. The summed E-state index contributed by atoms with van der Waals surface area (Å²) >= 11 is 9.99. The van der Waals surface area contributed by atoms with E-state index in [1.54, 1.807) is 24.3 Å². The van der Waals surface area contributed by atoms with Crippen LogP contribution < -0.4 is 14.4 Å². The number of methoxy groups -OCH3 is 1. The third-order valence-corrected chi connectivity index (χ3v) is 6.35. The molecule has 1 amide bonds. The van der Waals surface area contributed by atoms with Crippen LogP contribution in [0.5, 0.6) is 17.4 Å². The minimum atomic E-state index is -0.573. The SMILES string of the molecule is COc1cc(/C=C2\SC(=S)N(c3ccc(Br)cc3)C2=O)ccc1Oc1ncccc1[N+](=O)[O-]. The van der Waals surface area contributed by atoms with Crippen LogP contribution in [0.25, 0.3) is 6.08 Å². The number of thiocarbonyl (C=S) groups is 1. The predicted molar refractivity (Wildman–Crippen MR) is 134 cm³/mol. The van der Waals surface area contributed by atoms with Crippen LogP contribution in [-0.2, 0) is 4.79 Å².